The highest BCUT2D eigenvalue weighted by molar-refractivity contribution is 6.09. The van der Waals surface area contributed by atoms with Crippen molar-refractivity contribution in [1.82, 2.24) is 4.98 Å². The number of nitrogens with zero attached hydrogens (tertiary/aromatic N) is 4. The summed E-state index contributed by atoms with van der Waals surface area (Å²) in [5.74, 6) is 1.28. The summed E-state index contributed by atoms with van der Waals surface area (Å²) in [6, 6.07) is 9.78. The number of nitriles is 1. The number of aromatic nitrogens is 1. The number of piperidine rings is 1. The molecule has 6 heteroatoms. The van der Waals surface area contributed by atoms with Gasteiger partial charge in [-0.15, -0.1) is 0 Å². The van der Waals surface area contributed by atoms with E-state index in [1.807, 2.05) is 25.1 Å². The maximum Gasteiger partial charge on any atom is 0.129 e. The molecule has 0 spiro atoms. The third kappa shape index (κ3) is 4.20. The summed E-state index contributed by atoms with van der Waals surface area (Å²) >= 11 is 0. The van der Waals surface area contributed by atoms with Gasteiger partial charge in [0.05, 0.1) is 18.2 Å². The largest absolute Gasteiger partial charge is 0.383 e. The van der Waals surface area contributed by atoms with Gasteiger partial charge in [-0.05, 0) is 56.4 Å². The molecule has 0 saturated carbocycles. The minimum atomic E-state index is 0.393. The third-order valence-corrected chi connectivity index (χ3v) is 5.24. The predicted molar refractivity (Wildman–Crippen MR) is 113 cm³/mol. The molecule has 1 aliphatic heterocycles. The van der Waals surface area contributed by atoms with Crippen molar-refractivity contribution in [2.24, 2.45) is 10.7 Å². The van der Waals surface area contributed by atoms with E-state index < -0.39 is 0 Å². The number of nitrogens with one attached hydrogen (secondary N) is 1. The third-order valence-electron chi connectivity index (χ3n) is 5.24. The van der Waals surface area contributed by atoms with Crippen LogP contribution in [0.2, 0.25) is 0 Å². The molecule has 2 aromatic rings. The van der Waals surface area contributed by atoms with Crippen LogP contribution in [-0.2, 0) is 6.54 Å². The Kier molecular flexibility index (Phi) is 6.05. The molecule has 2 heterocycles. The van der Waals surface area contributed by atoms with Crippen LogP contribution in [0.15, 0.2) is 35.5 Å². The Morgan fingerprint density at radius 2 is 2.04 bits per heavy atom. The monoisotopic (exact) mass is 374 g/mol. The molecule has 144 valence electrons. The van der Waals surface area contributed by atoms with Crippen LogP contribution in [0.3, 0.4) is 0 Å². The van der Waals surface area contributed by atoms with Crippen molar-refractivity contribution in [3.63, 3.8) is 0 Å². The van der Waals surface area contributed by atoms with Gasteiger partial charge < -0.3 is 16.0 Å². The van der Waals surface area contributed by atoms with Crippen molar-refractivity contribution in [2.45, 2.75) is 39.7 Å². The van der Waals surface area contributed by atoms with Crippen molar-refractivity contribution in [1.29, 1.82) is 10.7 Å². The number of nitrogens with two attached hydrogens (primary N) is 1. The molecule has 3 rings (SSSR count). The molecule has 0 bridgehead atoms. The molecule has 28 heavy (non-hydrogen) atoms. The van der Waals surface area contributed by atoms with Crippen LogP contribution in [0, 0.1) is 23.7 Å². The van der Waals surface area contributed by atoms with Crippen LogP contribution in [0.5, 0.6) is 0 Å². The molecular formula is C22H26N6. The van der Waals surface area contributed by atoms with Gasteiger partial charge in [0, 0.05) is 36.1 Å². The lowest BCUT2D eigenvalue weighted by Crippen LogP contribution is -2.31. The Balaban J connectivity index is 1.92. The van der Waals surface area contributed by atoms with Crippen molar-refractivity contribution in [3.05, 3.63) is 58.3 Å². The van der Waals surface area contributed by atoms with Crippen molar-refractivity contribution >= 4 is 17.4 Å². The summed E-state index contributed by atoms with van der Waals surface area (Å²) in [7, 11) is 0. The number of amidine groups is 1. The Morgan fingerprint density at radius 1 is 1.29 bits per heavy atom. The van der Waals surface area contributed by atoms with Gasteiger partial charge >= 0.3 is 0 Å². The van der Waals surface area contributed by atoms with E-state index in [9.17, 15) is 5.26 Å². The molecule has 0 amide bonds. The van der Waals surface area contributed by atoms with Crippen LogP contribution in [0.4, 0.5) is 5.82 Å². The second-order valence-corrected chi connectivity index (χ2v) is 7.16. The van der Waals surface area contributed by atoms with E-state index in [1.165, 1.54) is 19.3 Å². The maximum atomic E-state index is 9.20. The highest BCUT2D eigenvalue weighted by atomic mass is 15.2. The molecule has 0 radical (unpaired) electrons. The number of pyridine rings is 1. The molecule has 0 aliphatic carbocycles. The summed E-state index contributed by atoms with van der Waals surface area (Å²) < 4.78 is 0. The number of hydrogen-bond acceptors (Lipinski definition) is 5. The van der Waals surface area contributed by atoms with Crippen molar-refractivity contribution in [3.8, 4) is 6.07 Å². The average molecular weight is 374 g/mol. The van der Waals surface area contributed by atoms with E-state index in [0.717, 1.165) is 35.6 Å². The molecule has 3 N–H and O–H groups in total. The Labute approximate surface area is 166 Å². The fourth-order valence-electron chi connectivity index (χ4n) is 3.48. The van der Waals surface area contributed by atoms with Gasteiger partial charge in [-0.1, -0.05) is 12.1 Å². The summed E-state index contributed by atoms with van der Waals surface area (Å²) in [5.41, 5.74) is 10.7. The zero-order valence-electron chi connectivity index (χ0n) is 16.5. The minimum absolute atomic E-state index is 0.393. The Bertz CT molecular complexity index is 948. The Morgan fingerprint density at radius 3 is 2.71 bits per heavy atom. The lowest BCUT2D eigenvalue weighted by atomic mass is 10.0. The molecule has 6 nitrogen and oxygen atoms in total. The van der Waals surface area contributed by atoms with Gasteiger partial charge in [-0.3, -0.25) is 4.99 Å². The zero-order chi connectivity index (χ0) is 20.1. The molecule has 1 aromatic heterocycles. The summed E-state index contributed by atoms with van der Waals surface area (Å²) in [4.78, 5) is 11.4. The quantitative estimate of drug-likeness (QED) is 0.617. The standard InChI is InChI=1S/C22H26N6/c1-15-17(12-23)7-6-8-18(15)13-27-22(25)19-11-21(26-14-20(19)16(2)24)28-9-4-3-5-10-28/h6-8,11,14,24H,3-5,9-10,13H2,1-2H3,(H2,25,27). The highest BCUT2D eigenvalue weighted by Crippen LogP contribution is 2.21. The van der Waals surface area contributed by atoms with Crippen LogP contribution < -0.4 is 10.6 Å². The topological polar surface area (TPSA) is 102 Å². The normalized spacial score (nSPS) is 14.6. The van der Waals surface area contributed by atoms with Gasteiger partial charge in [0.25, 0.3) is 0 Å². The van der Waals surface area contributed by atoms with E-state index >= 15 is 0 Å². The first-order chi connectivity index (χ1) is 13.5. The van der Waals surface area contributed by atoms with Gasteiger partial charge in [0.15, 0.2) is 0 Å². The molecule has 1 fully saturated rings. The van der Waals surface area contributed by atoms with Gasteiger partial charge in [0.1, 0.15) is 11.7 Å². The lowest BCUT2D eigenvalue weighted by Gasteiger charge is -2.28. The minimum Gasteiger partial charge on any atom is -0.383 e. The van der Waals surface area contributed by atoms with Gasteiger partial charge in [-0.25, -0.2) is 4.98 Å². The SMILES string of the molecule is CC(=N)c1cnc(N2CCCCC2)cc1C(N)=NCc1cccc(C#N)c1C. The average Bonchev–Trinajstić information content (AvgIpc) is 2.73. The van der Waals surface area contributed by atoms with Gasteiger partial charge in [0.2, 0.25) is 0 Å². The first-order valence-corrected chi connectivity index (χ1v) is 9.60. The van der Waals surface area contributed by atoms with Crippen LogP contribution in [0.1, 0.15) is 54.0 Å². The number of rotatable bonds is 5. The van der Waals surface area contributed by atoms with Crippen LogP contribution in [-0.4, -0.2) is 29.6 Å². The number of anilines is 1. The predicted octanol–water partition coefficient (Wildman–Crippen LogP) is 3.55. The molecular weight excluding hydrogens is 348 g/mol. The van der Waals surface area contributed by atoms with Gasteiger partial charge in [-0.2, -0.15) is 5.26 Å². The smallest absolute Gasteiger partial charge is 0.129 e. The first kappa shape index (κ1) is 19.6. The number of aliphatic imine (C=N–C) groups is 1. The highest BCUT2D eigenvalue weighted by Gasteiger charge is 2.16. The fraction of sp³-hybridized carbons (Fsp3) is 0.364. The summed E-state index contributed by atoms with van der Waals surface area (Å²) in [5, 5.41) is 17.3. The van der Waals surface area contributed by atoms with E-state index in [2.05, 4.69) is 20.9 Å². The lowest BCUT2D eigenvalue weighted by molar-refractivity contribution is 0.573. The van der Waals surface area contributed by atoms with Crippen LogP contribution >= 0.6 is 0 Å². The van der Waals surface area contributed by atoms with Crippen molar-refractivity contribution in [2.75, 3.05) is 18.0 Å². The molecule has 1 saturated heterocycles. The zero-order valence-corrected chi connectivity index (χ0v) is 16.5. The molecule has 1 aliphatic rings. The maximum absolute atomic E-state index is 9.20. The molecule has 0 unspecified atom stereocenters. The second kappa shape index (κ2) is 8.66. The summed E-state index contributed by atoms with van der Waals surface area (Å²) in [6.45, 7) is 6.03. The first-order valence-electron chi connectivity index (χ1n) is 9.60. The molecule has 0 atom stereocenters. The summed E-state index contributed by atoms with van der Waals surface area (Å²) in [6.07, 6.45) is 5.32. The number of hydrogen-bond donors (Lipinski definition) is 2. The second-order valence-electron chi connectivity index (χ2n) is 7.16. The molecule has 1 aromatic carbocycles. The fourth-order valence-corrected chi connectivity index (χ4v) is 3.48. The Hall–Kier alpha value is -3.20. The van der Waals surface area contributed by atoms with E-state index in [-0.39, 0.29) is 0 Å². The van der Waals surface area contributed by atoms with E-state index in [0.29, 0.717) is 29.2 Å². The number of benzene rings is 1. The van der Waals surface area contributed by atoms with E-state index in [1.54, 1.807) is 19.2 Å². The van der Waals surface area contributed by atoms with Crippen LogP contribution in [0.25, 0.3) is 0 Å². The van der Waals surface area contributed by atoms with E-state index in [4.69, 9.17) is 11.1 Å². The van der Waals surface area contributed by atoms with Crippen molar-refractivity contribution < 1.29 is 0 Å².